The van der Waals surface area contributed by atoms with Gasteiger partial charge in [-0.1, -0.05) is 18.9 Å². The molecular formula is C23H31FN2O5S. The van der Waals surface area contributed by atoms with Crippen LogP contribution >= 0.6 is 0 Å². The number of benzene rings is 1. The summed E-state index contributed by atoms with van der Waals surface area (Å²) in [5.41, 5.74) is -0.524. The molecule has 1 atom stereocenters. The zero-order chi connectivity index (χ0) is 23.0. The Hall–Kier alpha value is -2.16. The van der Waals surface area contributed by atoms with Gasteiger partial charge in [-0.05, 0) is 69.1 Å². The maximum Gasteiger partial charge on any atom is 0.322 e. The zero-order valence-electron chi connectivity index (χ0n) is 18.4. The number of halogens is 1. The maximum atomic E-state index is 14.1. The number of hydrogen-bond acceptors (Lipinski definition) is 5. The van der Waals surface area contributed by atoms with Crippen molar-refractivity contribution in [3.8, 4) is 5.75 Å². The van der Waals surface area contributed by atoms with E-state index in [1.165, 1.54) is 6.07 Å². The van der Waals surface area contributed by atoms with Crippen molar-refractivity contribution in [2.45, 2.75) is 69.2 Å². The minimum Gasteiger partial charge on any atom is -0.490 e. The molecule has 4 rings (SSSR count). The van der Waals surface area contributed by atoms with E-state index in [9.17, 15) is 22.4 Å². The van der Waals surface area contributed by atoms with Crippen molar-refractivity contribution >= 4 is 21.8 Å². The number of carbonyl (C=O) groups is 2. The summed E-state index contributed by atoms with van der Waals surface area (Å²) in [6.45, 7) is 2.18. The summed E-state index contributed by atoms with van der Waals surface area (Å²) in [7, 11) is -3.28. The van der Waals surface area contributed by atoms with E-state index in [1.807, 2.05) is 0 Å². The number of rotatable bonds is 12. The first kappa shape index (κ1) is 23.0. The van der Waals surface area contributed by atoms with Gasteiger partial charge >= 0.3 is 6.03 Å². The molecule has 9 heteroatoms. The largest absolute Gasteiger partial charge is 0.490 e. The summed E-state index contributed by atoms with van der Waals surface area (Å²) < 4.78 is 45.3. The van der Waals surface area contributed by atoms with E-state index in [4.69, 9.17) is 4.74 Å². The Morgan fingerprint density at radius 3 is 2.53 bits per heavy atom. The fraction of sp³-hybridized carbons (Fsp3) is 0.652. The smallest absolute Gasteiger partial charge is 0.322 e. The van der Waals surface area contributed by atoms with E-state index >= 15 is 0 Å². The van der Waals surface area contributed by atoms with Crippen molar-refractivity contribution < 1.29 is 27.1 Å². The van der Waals surface area contributed by atoms with E-state index in [0.717, 1.165) is 31.2 Å². The van der Waals surface area contributed by atoms with Crippen molar-refractivity contribution in [3.05, 3.63) is 29.6 Å². The third kappa shape index (κ3) is 5.42. The molecule has 3 amide bonds. The third-order valence-corrected chi connectivity index (χ3v) is 8.72. The molecule has 0 aromatic heterocycles. The van der Waals surface area contributed by atoms with Crippen LogP contribution in [-0.2, 0) is 20.0 Å². The number of carbonyl (C=O) groups excluding carboxylic acids is 2. The molecule has 2 saturated carbocycles. The summed E-state index contributed by atoms with van der Waals surface area (Å²) in [6, 6.07) is 4.26. The van der Waals surface area contributed by atoms with Crippen LogP contribution < -0.4 is 15.4 Å². The lowest BCUT2D eigenvalue weighted by molar-refractivity contribution is -0.123. The van der Waals surface area contributed by atoms with Gasteiger partial charge in [-0.25, -0.2) is 17.6 Å². The summed E-state index contributed by atoms with van der Waals surface area (Å²) >= 11 is 0. The van der Waals surface area contributed by atoms with Crippen LogP contribution in [-0.4, -0.2) is 44.0 Å². The molecule has 0 unspecified atom stereocenters. The molecule has 176 valence electrons. The lowest BCUT2D eigenvalue weighted by Gasteiger charge is -2.20. The number of amides is 3. The second-order valence-electron chi connectivity index (χ2n) is 9.82. The number of imide groups is 1. The van der Waals surface area contributed by atoms with Crippen molar-refractivity contribution in [1.82, 2.24) is 10.6 Å². The molecule has 1 heterocycles. The zero-order valence-corrected chi connectivity index (χ0v) is 19.2. The van der Waals surface area contributed by atoms with Gasteiger partial charge in [0.1, 0.15) is 5.54 Å². The average Bonchev–Trinajstić information content (AvgIpc) is 3.63. The van der Waals surface area contributed by atoms with Gasteiger partial charge in [0.15, 0.2) is 21.4 Å². The quantitative estimate of drug-likeness (QED) is 0.364. The molecule has 32 heavy (non-hydrogen) atoms. The van der Waals surface area contributed by atoms with Crippen molar-refractivity contribution in [2.24, 2.45) is 5.92 Å². The molecule has 1 aromatic rings. The number of ether oxygens (including phenoxy) is 1. The van der Waals surface area contributed by atoms with Crippen LogP contribution in [0.25, 0.3) is 0 Å². The highest BCUT2D eigenvalue weighted by Crippen LogP contribution is 2.50. The van der Waals surface area contributed by atoms with E-state index < -0.39 is 32.6 Å². The minimum atomic E-state index is -3.28. The molecule has 0 spiro atoms. The monoisotopic (exact) mass is 466 g/mol. The normalized spacial score (nSPS) is 24.2. The summed E-state index contributed by atoms with van der Waals surface area (Å²) in [6.07, 6.45) is 6.04. The Bertz CT molecular complexity index is 1000. The molecule has 7 nitrogen and oxygen atoms in total. The molecule has 3 fully saturated rings. The van der Waals surface area contributed by atoms with E-state index in [2.05, 4.69) is 10.6 Å². The van der Waals surface area contributed by atoms with Crippen LogP contribution in [0, 0.1) is 11.7 Å². The van der Waals surface area contributed by atoms with E-state index in [0.29, 0.717) is 38.2 Å². The topological polar surface area (TPSA) is 102 Å². The summed E-state index contributed by atoms with van der Waals surface area (Å²) in [5.74, 6) is 0.115. The van der Waals surface area contributed by atoms with E-state index in [1.54, 1.807) is 19.1 Å². The van der Waals surface area contributed by atoms with Crippen LogP contribution in [0.2, 0.25) is 0 Å². The Labute approximate surface area is 188 Å². The Morgan fingerprint density at radius 2 is 1.91 bits per heavy atom. The van der Waals surface area contributed by atoms with Crippen LogP contribution in [0.4, 0.5) is 9.18 Å². The molecule has 1 aliphatic heterocycles. The summed E-state index contributed by atoms with van der Waals surface area (Å²) in [4.78, 5) is 23.1. The summed E-state index contributed by atoms with van der Waals surface area (Å²) in [5, 5.41) is 4.84. The number of sulfone groups is 1. The van der Waals surface area contributed by atoms with Gasteiger partial charge in [-0.2, -0.15) is 0 Å². The van der Waals surface area contributed by atoms with Gasteiger partial charge < -0.3 is 10.1 Å². The highest BCUT2D eigenvalue weighted by Gasteiger charge is 2.47. The Balaban J connectivity index is 1.27. The third-order valence-electron chi connectivity index (χ3n) is 6.81. The van der Waals surface area contributed by atoms with Gasteiger partial charge in [-0.3, -0.25) is 10.1 Å². The fourth-order valence-electron chi connectivity index (χ4n) is 4.33. The minimum absolute atomic E-state index is 0.0594. The molecule has 0 radical (unpaired) electrons. The number of unbranched alkanes of at least 4 members (excludes halogenated alkanes) is 2. The highest BCUT2D eigenvalue weighted by atomic mass is 32.2. The molecule has 2 N–H and O–H groups in total. The number of urea groups is 1. The SMILES string of the molecule is C[C@@]1(CCCCCS(=O)(=O)CC2(c3ccc(F)c(OCC4CC4)c3)CC2)NC(=O)NC1=O. The van der Waals surface area contributed by atoms with Gasteiger partial charge in [0.25, 0.3) is 5.91 Å². The lowest BCUT2D eigenvalue weighted by Crippen LogP contribution is -2.43. The van der Waals surface area contributed by atoms with Crippen LogP contribution in [0.1, 0.15) is 63.9 Å². The molecule has 3 aliphatic rings. The van der Waals surface area contributed by atoms with Crippen molar-refractivity contribution in [2.75, 3.05) is 18.1 Å². The number of hydrogen-bond donors (Lipinski definition) is 2. The lowest BCUT2D eigenvalue weighted by atomic mass is 9.95. The van der Waals surface area contributed by atoms with Gasteiger partial charge in [0.05, 0.1) is 18.1 Å². The highest BCUT2D eigenvalue weighted by molar-refractivity contribution is 7.91. The fourth-order valence-corrected chi connectivity index (χ4v) is 6.41. The molecule has 1 saturated heterocycles. The first-order valence-corrected chi connectivity index (χ1v) is 13.2. The predicted molar refractivity (Wildman–Crippen MR) is 118 cm³/mol. The first-order chi connectivity index (χ1) is 15.1. The van der Waals surface area contributed by atoms with Crippen LogP contribution in [0.3, 0.4) is 0 Å². The predicted octanol–water partition coefficient (Wildman–Crippen LogP) is 3.22. The van der Waals surface area contributed by atoms with Gasteiger partial charge in [-0.15, -0.1) is 0 Å². The number of nitrogens with one attached hydrogen (secondary N) is 2. The average molecular weight is 467 g/mol. The van der Waals surface area contributed by atoms with Crippen LogP contribution in [0.15, 0.2) is 18.2 Å². The molecule has 0 bridgehead atoms. The molecule has 1 aromatic carbocycles. The van der Waals surface area contributed by atoms with Crippen LogP contribution in [0.5, 0.6) is 5.75 Å². The standard InChI is InChI=1S/C23H31FN2O5S/c1-22(20(27)25-21(28)26-22)9-3-2-4-12-32(29,30)15-23(10-11-23)17-7-8-18(24)19(13-17)31-14-16-5-6-16/h7-8,13,16H,2-6,9-12,14-15H2,1H3,(H2,25,26,27,28)/t22-/m0/s1. The molecule has 2 aliphatic carbocycles. The Kier molecular flexibility index (Phi) is 6.22. The van der Waals surface area contributed by atoms with Crippen molar-refractivity contribution in [1.29, 1.82) is 0 Å². The second-order valence-corrected chi connectivity index (χ2v) is 12.0. The second kappa shape index (κ2) is 8.65. The van der Waals surface area contributed by atoms with Gasteiger partial charge in [0, 0.05) is 5.41 Å². The first-order valence-electron chi connectivity index (χ1n) is 11.4. The molecular weight excluding hydrogens is 435 g/mol. The maximum absolute atomic E-state index is 14.1. The van der Waals surface area contributed by atoms with Crippen molar-refractivity contribution in [3.63, 3.8) is 0 Å². The van der Waals surface area contributed by atoms with E-state index in [-0.39, 0.29) is 23.2 Å². The van der Waals surface area contributed by atoms with Gasteiger partial charge in [0.2, 0.25) is 0 Å². The Morgan fingerprint density at radius 1 is 1.16 bits per heavy atom.